The van der Waals surface area contributed by atoms with Gasteiger partial charge in [-0.1, -0.05) is 12.1 Å². The first kappa shape index (κ1) is 16.7. The number of rotatable bonds is 5. The maximum Gasteiger partial charge on any atom is 0.270 e. The van der Waals surface area contributed by atoms with Gasteiger partial charge in [-0.3, -0.25) is 14.9 Å². The highest BCUT2D eigenvalue weighted by atomic mass is 16.6. The Hall–Kier alpha value is -3.13. The lowest BCUT2D eigenvalue weighted by molar-refractivity contribution is -0.384. The number of nitro groups is 1. The van der Waals surface area contributed by atoms with Crippen LogP contribution < -0.4 is 4.90 Å². The Bertz CT molecular complexity index is 799. The largest absolute Gasteiger partial charge is 0.378 e. The first-order valence-electron chi connectivity index (χ1n) is 7.75. The topological polar surface area (TPSA) is 98.5 Å². The number of non-ortho nitro benzene ring substituents is 1. The predicted molar refractivity (Wildman–Crippen MR) is 91.5 cm³/mol. The van der Waals surface area contributed by atoms with Gasteiger partial charge in [0.15, 0.2) is 5.78 Å². The SMILES string of the molecule is O=C(/C=C/c1cnc(N2CCOCC2)nc1)c1cccc([N+](=O)[O-])c1. The number of carbonyl (C=O) groups excluding carboxylic acids is 1. The molecule has 0 aliphatic carbocycles. The first-order valence-corrected chi connectivity index (χ1v) is 7.75. The summed E-state index contributed by atoms with van der Waals surface area (Å²) in [5, 5.41) is 10.8. The fourth-order valence-corrected chi connectivity index (χ4v) is 2.38. The molecule has 1 aliphatic rings. The average Bonchev–Trinajstić information content (AvgIpc) is 2.67. The van der Waals surface area contributed by atoms with Crippen molar-refractivity contribution in [3.8, 4) is 0 Å². The highest BCUT2D eigenvalue weighted by Gasteiger charge is 2.13. The van der Waals surface area contributed by atoms with Crippen molar-refractivity contribution in [3.63, 3.8) is 0 Å². The second-order valence-corrected chi connectivity index (χ2v) is 5.42. The lowest BCUT2D eigenvalue weighted by Crippen LogP contribution is -2.37. The minimum Gasteiger partial charge on any atom is -0.378 e. The molecule has 1 aromatic heterocycles. The van der Waals surface area contributed by atoms with Crippen molar-refractivity contribution in [2.24, 2.45) is 0 Å². The molecule has 1 aromatic carbocycles. The van der Waals surface area contributed by atoms with Crippen LogP contribution in [0.1, 0.15) is 15.9 Å². The van der Waals surface area contributed by atoms with Crippen LogP contribution in [0.5, 0.6) is 0 Å². The van der Waals surface area contributed by atoms with Crippen molar-refractivity contribution >= 4 is 23.5 Å². The summed E-state index contributed by atoms with van der Waals surface area (Å²) < 4.78 is 5.29. The second kappa shape index (κ2) is 7.63. The molecule has 25 heavy (non-hydrogen) atoms. The molecule has 0 bridgehead atoms. The molecule has 2 aromatic rings. The van der Waals surface area contributed by atoms with Crippen LogP contribution in [0.15, 0.2) is 42.7 Å². The van der Waals surface area contributed by atoms with Crippen LogP contribution in [-0.2, 0) is 4.74 Å². The van der Waals surface area contributed by atoms with Gasteiger partial charge in [0.1, 0.15) is 0 Å². The molecule has 128 valence electrons. The Morgan fingerprint density at radius 2 is 1.96 bits per heavy atom. The van der Waals surface area contributed by atoms with Crippen LogP contribution in [0, 0.1) is 10.1 Å². The highest BCUT2D eigenvalue weighted by molar-refractivity contribution is 6.07. The summed E-state index contributed by atoms with van der Waals surface area (Å²) in [4.78, 5) is 33.0. The van der Waals surface area contributed by atoms with E-state index < -0.39 is 4.92 Å². The van der Waals surface area contributed by atoms with Gasteiger partial charge in [0.05, 0.1) is 18.1 Å². The maximum atomic E-state index is 12.1. The van der Waals surface area contributed by atoms with Crippen LogP contribution >= 0.6 is 0 Å². The molecule has 0 N–H and O–H groups in total. The number of allylic oxidation sites excluding steroid dienone is 1. The summed E-state index contributed by atoms with van der Waals surface area (Å²) >= 11 is 0. The maximum absolute atomic E-state index is 12.1. The van der Waals surface area contributed by atoms with Crippen LogP contribution in [-0.4, -0.2) is 47.0 Å². The van der Waals surface area contributed by atoms with Crippen molar-refractivity contribution in [3.05, 3.63) is 64.0 Å². The molecule has 1 saturated heterocycles. The minimum atomic E-state index is -0.529. The number of carbonyl (C=O) groups is 1. The summed E-state index contributed by atoms with van der Waals surface area (Å²) in [6.45, 7) is 2.81. The zero-order chi connectivity index (χ0) is 17.6. The van der Waals surface area contributed by atoms with Crippen molar-refractivity contribution in [1.29, 1.82) is 0 Å². The Labute approximate surface area is 143 Å². The highest BCUT2D eigenvalue weighted by Crippen LogP contribution is 2.15. The van der Waals surface area contributed by atoms with Gasteiger partial charge in [0, 0.05) is 48.7 Å². The number of morpholine rings is 1. The quantitative estimate of drug-likeness (QED) is 0.356. The van der Waals surface area contributed by atoms with E-state index >= 15 is 0 Å². The summed E-state index contributed by atoms with van der Waals surface area (Å²) in [7, 11) is 0. The van der Waals surface area contributed by atoms with Crippen molar-refractivity contribution in [2.75, 3.05) is 31.2 Å². The summed E-state index contributed by atoms with van der Waals surface area (Å²) in [5.41, 5.74) is 0.824. The Morgan fingerprint density at radius 3 is 2.64 bits per heavy atom. The van der Waals surface area contributed by atoms with Gasteiger partial charge in [-0.15, -0.1) is 0 Å². The van der Waals surface area contributed by atoms with E-state index in [1.54, 1.807) is 18.5 Å². The van der Waals surface area contributed by atoms with Crippen molar-refractivity contribution in [2.45, 2.75) is 0 Å². The van der Waals surface area contributed by atoms with E-state index in [9.17, 15) is 14.9 Å². The molecule has 0 amide bonds. The van der Waals surface area contributed by atoms with Crippen molar-refractivity contribution in [1.82, 2.24) is 9.97 Å². The molecule has 8 heteroatoms. The predicted octanol–water partition coefficient (Wildman–Crippen LogP) is 2.12. The van der Waals surface area contributed by atoms with E-state index in [0.717, 1.165) is 13.1 Å². The lowest BCUT2D eigenvalue weighted by atomic mass is 10.1. The average molecular weight is 340 g/mol. The monoisotopic (exact) mass is 340 g/mol. The zero-order valence-electron chi connectivity index (χ0n) is 13.4. The fourth-order valence-electron chi connectivity index (χ4n) is 2.38. The molecule has 0 radical (unpaired) electrons. The summed E-state index contributed by atoms with van der Waals surface area (Å²) in [5.74, 6) is 0.311. The van der Waals surface area contributed by atoms with Gasteiger partial charge < -0.3 is 9.64 Å². The third-order valence-electron chi connectivity index (χ3n) is 3.72. The van der Waals surface area contributed by atoms with Gasteiger partial charge in [-0.25, -0.2) is 9.97 Å². The number of ketones is 1. The number of nitro benzene ring substituents is 1. The van der Waals surface area contributed by atoms with Crippen LogP contribution in [0.4, 0.5) is 11.6 Å². The third-order valence-corrected chi connectivity index (χ3v) is 3.72. The molecule has 1 fully saturated rings. The minimum absolute atomic E-state index is 0.113. The molecule has 2 heterocycles. The Balaban J connectivity index is 1.68. The van der Waals surface area contributed by atoms with E-state index in [0.29, 0.717) is 24.7 Å². The smallest absolute Gasteiger partial charge is 0.270 e. The van der Waals surface area contributed by atoms with Gasteiger partial charge in [0.2, 0.25) is 5.95 Å². The number of hydrogen-bond acceptors (Lipinski definition) is 7. The summed E-state index contributed by atoms with van der Waals surface area (Å²) in [6, 6.07) is 5.63. The fraction of sp³-hybridized carbons (Fsp3) is 0.235. The molecule has 0 spiro atoms. The van der Waals surface area contributed by atoms with Crippen LogP contribution in [0.25, 0.3) is 6.08 Å². The molecule has 8 nitrogen and oxygen atoms in total. The Kier molecular flexibility index (Phi) is 5.10. The number of benzene rings is 1. The molecule has 0 unspecified atom stereocenters. The second-order valence-electron chi connectivity index (χ2n) is 5.42. The number of aromatic nitrogens is 2. The molecule has 0 atom stereocenters. The van der Waals surface area contributed by atoms with Gasteiger partial charge in [-0.05, 0) is 12.2 Å². The van der Waals surface area contributed by atoms with Gasteiger partial charge in [-0.2, -0.15) is 0 Å². The molecular weight excluding hydrogens is 324 g/mol. The Morgan fingerprint density at radius 1 is 1.24 bits per heavy atom. The number of hydrogen-bond donors (Lipinski definition) is 0. The van der Waals surface area contributed by atoms with E-state index in [4.69, 9.17) is 4.74 Å². The standard InChI is InChI=1S/C17H16N4O4/c22-16(14-2-1-3-15(10-14)21(23)24)5-4-13-11-18-17(19-12-13)20-6-8-25-9-7-20/h1-5,10-12H,6-9H2/b5-4+. The number of anilines is 1. The van der Waals surface area contributed by atoms with Crippen molar-refractivity contribution < 1.29 is 14.5 Å². The molecule has 3 rings (SSSR count). The zero-order valence-corrected chi connectivity index (χ0v) is 13.4. The van der Waals surface area contributed by atoms with E-state index in [1.807, 2.05) is 4.90 Å². The summed E-state index contributed by atoms with van der Waals surface area (Å²) in [6.07, 6.45) is 6.21. The number of ether oxygens (including phenoxy) is 1. The molecule has 1 aliphatic heterocycles. The van der Waals surface area contributed by atoms with Crippen LogP contribution in [0.2, 0.25) is 0 Å². The van der Waals surface area contributed by atoms with Gasteiger partial charge >= 0.3 is 0 Å². The van der Waals surface area contributed by atoms with E-state index in [1.165, 1.54) is 30.3 Å². The van der Waals surface area contributed by atoms with Gasteiger partial charge in [0.25, 0.3) is 5.69 Å². The normalized spacial score (nSPS) is 14.6. The van der Waals surface area contributed by atoms with E-state index in [2.05, 4.69) is 9.97 Å². The lowest BCUT2D eigenvalue weighted by Gasteiger charge is -2.26. The van der Waals surface area contributed by atoms with E-state index in [-0.39, 0.29) is 17.0 Å². The molecule has 0 saturated carbocycles. The first-order chi connectivity index (χ1) is 12.1. The third kappa shape index (κ3) is 4.24. The molecular formula is C17H16N4O4. The van der Waals surface area contributed by atoms with Crippen LogP contribution in [0.3, 0.4) is 0 Å². The number of nitrogens with zero attached hydrogens (tertiary/aromatic N) is 4.